The maximum atomic E-state index is 11.2. The fourth-order valence-corrected chi connectivity index (χ4v) is 3.29. The Kier molecular flexibility index (Phi) is 6.66. The van der Waals surface area contributed by atoms with Gasteiger partial charge in [0.05, 0.1) is 6.61 Å². The first-order valence-corrected chi connectivity index (χ1v) is 9.55. The maximum Gasteiger partial charge on any atom is 0.335 e. The molecule has 0 aliphatic carbocycles. The fourth-order valence-electron chi connectivity index (χ4n) is 3.29. The minimum absolute atomic E-state index is 0.0523. The summed E-state index contributed by atoms with van der Waals surface area (Å²) in [5.74, 6) is -1.25. The van der Waals surface area contributed by atoms with Crippen LogP contribution >= 0.6 is 0 Å². The molecular formula is C21H32O8. The van der Waals surface area contributed by atoms with Crippen molar-refractivity contribution in [1.29, 1.82) is 0 Å². The minimum atomic E-state index is -1.77. The highest BCUT2D eigenvalue weighted by molar-refractivity contribution is 5.73. The molecule has 0 amide bonds. The summed E-state index contributed by atoms with van der Waals surface area (Å²) in [5, 5.41) is 49.7. The monoisotopic (exact) mass is 412 g/mol. The van der Waals surface area contributed by atoms with Gasteiger partial charge in [-0.2, -0.15) is 0 Å². The molecule has 29 heavy (non-hydrogen) atoms. The van der Waals surface area contributed by atoms with Crippen molar-refractivity contribution in [3.8, 4) is 5.75 Å². The van der Waals surface area contributed by atoms with Gasteiger partial charge in [-0.3, -0.25) is 0 Å². The molecular weight excluding hydrogens is 380 g/mol. The molecule has 1 aromatic rings. The number of phenols is 1. The number of aromatic hydroxyl groups is 1. The van der Waals surface area contributed by atoms with E-state index in [4.69, 9.17) is 14.6 Å². The molecule has 0 radical (unpaired) electrons. The number of rotatable bonds is 4. The van der Waals surface area contributed by atoms with E-state index in [1.807, 2.05) is 41.5 Å². The number of aliphatic carboxylic acids is 1. The fraction of sp³-hybridized carbons (Fsp3) is 0.667. The topological polar surface area (TPSA) is 137 Å². The number of carboxylic acid groups (broad SMARTS) is 1. The highest BCUT2D eigenvalue weighted by Gasteiger charge is 2.47. The third kappa shape index (κ3) is 5.07. The second-order valence-electron chi connectivity index (χ2n) is 9.59. The van der Waals surface area contributed by atoms with Gasteiger partial charge in [0.2, 0.25) is 0 Å². The van der Waals surface area contributed by atoms with Crippen LogP contribution in [0.2, 0.25) is 0 Å². The summed E-state index contributed by atoms with van der Waals surface area (Å²) in [6, 6.07) is 3.58. The van der Waals surface area contributed by atoms with E-state index in [9.17, 15) is 25.2 Å². The average Bonchev–Trinajstić information content (AvgIpc) is 2.57. The summed E-state index contributed by atoms with van der Waals surface area (Å²) in [6.07, 6.45) is -8.24. The molecule has 2 rings (SSSR count). The van der Waals surface area contributed by atoms with E-state index in [0.29, 0.717) is 5.56 Å². The summed E-state index contributed by atoms with van der Waals surface area (Å²) < 4.78 is 10.7. The Balaban J connectivity index is 2.31. The summed E-state index contributed by atoms with van der Waals surface area (Å²) in [7, 11) is 0. The summed E-state index contributed by atoms with van der Waals surface area (Å²) in [6.45, 7) is 11.8. The standard InChI is InChI=1S/C21H32O8/c1-20(2,3)11-7-10(8-12(13(11)22)21(4,5)6)9-28-19-16(25)14(23)15(24)17(29-19)18(26)27/h7-8,14-17,19,22-25H,9H2,1-6H3,(H,26,27). The molecule has 1 heterocycles. The van der Waals surface area contributed by atoms with E-state index in [1.165, 1.54) is 0 Å². The largest absolute Gasteiger partial charge is 0.507 e. The molecule has 1 fully saturated rings. The maximum absolute atomic E-state index is 11.2. The Morgan fingerprint density at radius 1 is 0.966 bits per heavy atom. The zero-order valence-electron chi connectivity index (χ0n) is 17.7. The van der Waals surface area contributed by atoms with Gasteiger partial charge < -0.3 is 35.0 Å². The summed E-state index contributed by atoms with van der Waals surface area (Å²) in [5.41, 5.74) is 1.48. The van der Waals surface area contributed by atoms with Crippen LogP contribution in [0, 0.1) is 0 Å². The SMILES string of the molecule is CC(C)(C)c1cc(COC2OC(C(=O)O)C(O)C(O)C2O)cc(C(C)(C)C)c1O. The Labute approximate surface area is 170 Å². The molecule has 1 saturated heterocycles. The second-order valence-corrected chi connectivity index (χ2v) is 9.59. The zero-order chi connectivity index (χ0) is 22.3. The third-order valence-corrected chi connectivity index (χ3v) is 5.01. The van der Waals surface area contributed by atoms with Crippen molar-refractivity contribution in [1.82, 2.24) is 0 Å². The van der Waals surface area contributed by atoms with Crippen LogP contribution in [0.5, 0.6) is 5.75 Å². The molecule has 1 aromatic carbocycles. The highest BCUT2D eigenvalue weighted by atomic mass is 16.7. The number of aliphatic hydroxyl groups is 3. The van der Waals surface area contributed by atoms with Gasteiger partial charge in [-0.05, 0) is 39.7 Å². The number of hydrogen-bond donors (Lipinski definition) is 5. The number of benzene rings is 1. The van der Waals surface area contributed by atoms with Crippen molar-refractivity contribution < 1.29 is 39.8 Å². The molecule has 8 heteroatoms. The van der Waals surface area contributed by atoms with Crippen LogP contribution in [0.1, 0.15) is 58.2 Å². The van der Waals surface area contributed by atoms with Gasteiger partial charge >= 0.3 is 5.97 Å². The Bertz CT molecular complexity index is 711. The first-order valence-electron chi connectivity index (χ1n) is 9.55. The molecule has 0 aromatic heterocycles. The molecule has 5 atom stereocenters. The summed E-state index contributed by atoms with van der Waals surface area (Å²) in [4.78, 5) is 11.2. The molecule has 5 unspecified atom stereocenters. The van der Waals surface area contributed by atoms with Gasteiger partial charge in [0, 0.05) is 0 Å². The zero-order valence-corrected chi connectivity index (χ0v) is 17.7. The molecule has 0 spiro atoms. The van der Waals surface area contributed by atoms with Crippen LogP contribution in [0.3, 0.4) is 0 Å². The minimum Gasteiger partial charge on any atom is -0.507 e. The van der Waals surface area contributed by atoms with Crippen molar-refractivity contribution in [3.63, 3.8) is 0 Å². The molecule has 164 valence electrons. The predicted molar refractivity (Wildman–Crippen MR) is 105 cm³/mol. The number of hydrogen-bond acceptors (Lipinski definition) is 7. The van der Waals surface area contributed by atoms with Crippen molar-refractivity contribution in [2.75, 3.05) is 0 Å². The molecule has 1 aliphatic heterocycles. The van der Waals surface area contributed by atoms with E-state index in [1.54, 1.807) is 12.1 Å². The van der Waals surface area contributed by atoms with Gasteiger partial charge in [-0.15, -0.1) is 0 Å². The lowest BCUT2D eigenvalue weighted by Crippen LogP contribution is -2.60. The quantitative estimate of drug-likeness (QED) is 0.500. The smallest absolute Gasteiger partial charge is 0.335 e. The number of aliphatic hydroxyl groups excluding tert-OH is 3. The Morgan fingerprint density at radius 3 is 1.86 bits per heavy atom. The lowest BCUT2D eigenvalue weighted by atomic mass is 9.78. The Hall–Kier alpha value is -1.71. The van der Waals surface area contributed by atoms with Crippen LogP contribution in [0.4, 0.5) is 0 Å². The lowest BCUT2D eigenvalue weighted by molar-refractivity contribution is -0.297. The van der Waals surface area contributed by atoms with E-state index < -0.39 is 36.7 Å². The van der Waals surface area contributed by atoms with Gasteiger partial charge in [0.25, 0.3) is 0 Å². The predicted octanol–water partition coefficient (Wildman–Crippen LogP) is 1.40. The molecule has 0 saturated carbocycles. The summed E-state index contributed by atoms with van der Waals surface area (Å²) >= 11 is 0. The lowest BCUT2D eigenvalue weighted by Gasteiger charge is -2.38. The van der Waals surface area contributed by atoms with Crippen LogP contribution in [0.25, 0.3) is 0 Å². The van der Waals surface area contributed by atoms with Gasteiger partial charge in [-0.1, -0.05) is 41.5 Å². The van der Waals surface area contributed by atoms with E-state index >= 15 is 0 Å². The van der Waals surface area contributed by atoms with E-state index in [-0.39, 0.29) is 23.2 Å². The average molecular weight is 412 g/mol. The number of carboxylic acids is 1. The van der Waals surface area contributed by atoms with E-state index in [0.717, 1.165) is 11.1 Å². The molecule has 1 aliphatic rings. The van der Waals surface area contributed by atoms with Crippen molar-refractivity contribution >= 4 is 5.97 Å². The van der Waals surface area contributed by atoms with Gasteiger partial charge in [0.1, 0.15) is 24.1 Å². The van der Waals surface area contributed by atoms with Crippen molar-refractivity contribution in [2.24, 2.45) is 0 Å². The van der Waals surface area contributed by atoms with Crippen LogP contribution < -0.4 is 0 Å². The molecule has 0 bridgehead atoms. The normalized spacial score (nSPS) is 28.4. The van der Waals surface area contributed by atoms with Gasteiger partial charge in [-0.25, -0.2) is 4.79 Å². The number of ether oxygens (including phenoxy) is 2. The van der Waals surface area contributed by atoms with Gasteiger partial charge in [0.15, 0.2) is 12.4 Å². The first kappa shape index (κ1) is 23.6. The number of carbonyl (C=O) groups is 1. The van der Waals surface area contributed by atoms with Crippen LogP contribution in [-0.2, 0) is 31.7 Å². The van der Waals surface area contributed by atoms with Crippen LogP contribution in [-0.4, -0.2) is 62.2 Å². The molecule has 5 N–H and O–H groups in total. The first-order chi connectivity index (χ1) is 13.1. The van der Waals surface area contributed by atoms with Crippen molar-refractivity contribution in [3.05, 3.63) is 28.8 Å². The van der Waals surface area contributed by atoms with E-state index in [2.05, 4.69) is 0 Å². The second kappa shape index (κ2) is 8.20. The third-order valence-electron chi connectivity index (χ3n) is 5.01. The van der Waals surface area contributed by atoms with Crippen LogP contribution in [0.15, 0.2) is 12.1 Å². The van der Waals surface area contributed by atoms with Crippen molar-refractivity contribution in [2.45, 2.75) is 89.7 Å². The molecule has 8 nitrogen and oxygen atoms in total. The Morgan fingerprint density at radius 2 is 1.45 bits per heavy atom. The highest BCUT2D eigenvalue weighted by Crippen LogP contribution is 2.40. The number of phenolic OH excluding ortho intramolecular Hbond substituents is 1.